The van der Waals surface area contributed by atoms with Crippen LogP contribution in [-0.4, -0.2) is 30.8 Å². The highest BCUT2D eigenvalue weighted by atomic mass is 127. The van der Waals surface area contributed by atoms with E-state index in [4.69, 9.17) is 9.16 Å². The van der Waals surface area contributed by atoms with Gasteiger partial charge in [-0.05, 0) is 54.6 Å². The van der Waals surface area contributed by atoms with Gasteiger partial charge in [0.15, 0.2) is 8.32 Å². The van der Waals surface area contributed by atoms with Crippen LogP contribution in [0.3, 0.4) is 0 Å². The first kappa shape index (κ1) is 20.7. The number of ether oxygens (including phenoxy) is 1. The normalized spacial score (nSPS) is 14.2. The van der Waals surface area contributed by atoms with E-state index in [0.717, 1.165) is 20.4 Å². The molecule has 1 aromatic rings. The molecule has 0 aliphatic rings. The van der Waals surface area contributed by atoms with Gasteiger partial charge in [-0.1, -0.05) is 43.4 Å². The second-order valence-electron chi connectivity index (χ2n) is 7.00. The van der Waals surface area contributed by atoms with Crippen LogP contribution in [0.25, 0.3) is 0 Å². The Morgan fingerprint density at radius 1 is 1.32 bits per heavy atom. The fraction of sp³-hybridized carbons (Fsp3) is 0.800. The van der Waals surface area contributed by atoms with Crippen molar-refractivity contribution >= 4 is 53.5 Å². The number of halogens is 2. The summed E-state index contributed by atoms with van der Waals surface area (Å²) in [6.07, 6.45) is 0.146. The van der Waals surface area contributed by atoms with Gasteiger partial charge < -0.3 is 9.16 Å². The summed E-state index contributed by atoms with van der Waals surface area (Å²) in [5, 5.41) is 4.84. The predicted molar refractivity (Wildman–Crippen MR) is 112 cm³/mol. The van der Waals surface area contributed by atoms with Gasteiger partial charge >= 0.3 is 0 Å². The third-order valence-electron chi connectivity index (χ3n) is 4.10. The summed E-state index contributed by atoms with van der Waals surface area (Å²) in [5.74, 6) is 0.745. The average Bonchev–Trinajstić information content (AvgIpc) is 2.63. The lowest BCUT2D eigenvalue weighted by Gasteiger charge is -2.38. The highest BCUT2D eigenvalue weighted by molar-refractivity contribution is 14.1. The Morgan fingerprint density at radius 3 is 2.36 bits per heavy atom. The Balaban J connectivity index is 2.88. The molecule has 1 aromatic heterocycles. The molecule has 0 amide bonds. The molecule has 1 atom stereocenters. The molecule has 0 bridgehead atoms. The molecule has 4 nitrogen and oxygen atoms in total. The van der Waals surface area contributed by atoms with Gasteiger partial charge in [-0.2, -0.15) is 0 Å². The van der Waals surface area contributed by atoms with E-state index < -0.39 is 8.32 Å². The van der Waals surface area contributed by atoms with Gasteiger partial charge in [0.2, 0.25) is 5.88 Å². The van der Waals surface area contributed by atoms with Crippen LogP contribution in [-0.2, 0) is 15.4 Å². The lowest BCUT2D eigenvalue weighted by atomic mass is 10.2. The Hall–Kier alpha value is 0.647. The molecule has 0 saturated heterocycles. The molecule has 0 N–H and O–H groups in total. The first-order chi connectivity index (χ1) is 10.0. The van der Waals surface area contributed by atoms with Crippen molar-refractivity contribution in [3.63, 3.8) is 0 Å². The number of hydrogen-bond acceptors (Lipinski definition) is 3. The number of hydrogen-bond donors (Lipinski definition) is 0. The second kappa shape index (κ2) is 8.15. The van der Waals surface area contributed by atoms with Crippen LogP contribution in [0.15, 0.2) is 0 Å². The van der Waals surface area contributed by atoms with Crippen LogP contribution in [0, 0.1) is 3.57 Å². The molecule has 0 aliphatic heterocycles. The van der Waals surface area contributed by atoms with Gasteiger partial charge in [0.1, 0.15) is 0 Å². The van der Waals surface area contributed by atoms with Gasteiger partial charge in [0.05, 0.1) is 28.5 Å². The van der Waals surface area contributed by atoms with Crippen molar-refractivity contribution in [3.05, 3.63) is 9.26 Å². The number of rotatable bonds is 7. The molecule has 0 aromatic carbocycles. The van der Waals surface area contributed by atoms with E-state index in [0.29, 0.717) is 6.61 Å². The van der Waals surface area contributed by atoms with Crippen molar-refractivity contribution in [2.75, 3.05) is 6.61 Å². The lowest BCUT2D eigenvalue weighted by Crippen LogP contribution is -2.44. The minimum atomic E-state index is -1.75. The first-order valence-corrected chi connectivity index (χ1v) is 13.2. The molecule has 7 heteroatoms. The molecule has 1 rings (SSSR count). The number of aromatic nitrogens is 2. The molecule has 0 unspecified atom stereocenters. The van der Waals surface area contributed by atoms with E-state index in [2.05, 4.69) is 95.8 Å². The van der Waals surface area contributed by atoms with Gasteiger partial charge in [-0.15, -0.1) is 5.10 Å². The molecule has 0 fully saturated rings. The second-order valence-corrected chi connectivity index (χ2v) is 13.6. The van der Waals surface area contributed by atoms with E-state index in [1.807, 2.05) is 6.92 Å². The third-order valence-corrected chi connectivity index (χ3v) is 10.5. The zero-order valence-corrected chi connectivity index (χ0v) is 20.0. The van der Waals surface area contributed by atoms with Crippen LogP contribution in [0.5, 0.6) is 5.88 Å². The lowest BCUT2D eigenvalue weighted by molar-refractivity contribution is 0.172. The Bertz CT molecular complexity index is 498. The maximum Gasteiger partial charge on any atom is 0.246 e. The third kappa shape index (κ3) is 5.07. The van der Waals surface area contributed by atoms with Crippen LogP contribution in [0.1, 0.15) is 40.3 Å². The average molecular weight is 550 g/mol. The van der Waals surface area contributed by atoms with Crippen molar-refractivity contribution in [2.45, 2.75) is 69.8 Å². The molecular formula is C15H28I2N2O2Si. The molecule has 1 heterocycles. The molecule has 128 valence electrons. The van der Waals surface area contributed by atoms with Crippen molar-refractivity contribution in [1.29, 1.82) is 0 Å². The molecule has 0 saturated carbocycles. The minimum absolute atomic E-state index is 0.146. The standard InChI is InChI=1S/C15H28I2N2O2Si/c1-8-20-14-13(17)12(9-16)19(18-14)10-11(2)21-22(6,7)15(3,4)5/h11H,8-10H2,1-7H3/t11-/m0/s1. The monoisotopic (exact) mass is 550 g/mol. The zero-order chi connectivity index (χ0) is 17.1. The van der Waals surface area contributed by atoms with Gasteiger partial charge in [0, 0.05) is 4.43 Å². The molecular weight excluding hydrogens is 522 g/mol. The summed E-state index contributed by atoms with van der Waals surface area (Å²) < 4.78 is 16.2. The molecule has 0 aliphatic carbocycles. The zero-order valence-electron chi connectivity index (χ0n) is 14.7. The highest BCUT2D eigenvalue weighted by Gasteiger charge is 2.38. The van der Waals surface area contributed by atoms with Crippen LogP contribution in [0.4, 0.5) is 0 Å². The van der Waals surface area contributed by atoms with E-state index >= 15 is 0 Å². The predicted octanol–water partition coefficient (Wildman–Crippen LogP) is 5.23. The van der Waals surface area contributed by atoms with Gasteiger partial charge in [-0.25, -0.2) is 0 Å². The summed E-state index contributed by atoms with van der Waals surface area (Å²) in [5.41, 5.74) is 1.22. The summed E-state index contributed by atoms with van der Waals surface area (Å²) in [6.45, 7) is 16.9. The Morgan fingerprint density at radius 2 is 1.91 bits per heavy atom. The van der Waals surface area contributed by atoms with Crippen molar-refractivity contribution in [1.82, 2.24) is 9.78 Å². The van der Waals surface area contributed by atoms with Crippen LogP contribution in [0.2, 0.25) is 18.1 Å². The Kier molecular flexibility index (Phi) is 7.67. The topological polar surface area (TPSA) is 36.3 Å². The summed E-state index contributed by atoms with van der Waals surface area (Å²) >= 11 is 4.71. The maximum absolute atomic E-state index is 6.45. The summed E-state index contributed by atoms with van der Waals surface area (Å²) in [4.78, 5) is 0. The van der Waals surface area contributed by atoms with Crippen molar-refractivity contribution in [2.24, 2.45) is 0 Å². The van der Waals surface area contributed by atoms with Gasteiger partial charge in [-0.3, -0.25) is 4.68 Å². The van der Waals surface area contributed by atoms with E-state index in [1.165, 1.54) is 5.69 Å². The molecule has 22 heavy (non-hydrogen) atoms. The molecule has 0 radical (unpaired) electrons. The maximum atomic E-state index is 6.45. The summed E-state index contributed by atoms with van der Waals surface area (Å²) in [7, 11) is -1.75. The fourth-order valence-electron chi connectivity index (χ4n) is 1.92. The van der Waals surface area contributed by atoms with Gasteiger partial charge in [0.25, 0.3) is 0 Å². The number of nitrogens with zero attached hydrogens (tertiary/aromatic N) is 2. The quantitative estimate of drug-likeness (QED) is 0.265. The molecule has 0 spiro atoms. The highest BCUT2D eigenvalue weighted by Crippen LogP contribution is 2.37. The van der Waals surface area contributed by atoms with Crippen molar-refractivity contribution in [3.8, 4) is 5.88 Å². The van der Waals surface area contributed by atoms with Crippen molar-refractivity contribution < 1.29 is 9.16 Å². The fourth-order valence-corrected chi connectivity index (χ4v) is 5.59. The Labute approximate surface area is 163 Å². The SMILES string of the molecule is CCOc1nn(C[C@H](C)O[Si](C)(C)C(C)(C)C)c(CI)c1I. The summed E-state index contributed by atoms with van der Waals surface area (Å²) in [6, 6.07) is 0. The van der Waals surface area contributed by atoms with E-state index in [1.54, 1.807) is 0 Å². The van der Waals surface area contributed by atoms with Crippen LogP contribution >= 0.6 is 45.2 Å². The number of alkyl halides is 1. The van der Waals surface area contributed by atoms with E-state index in [9.17, 15) is 0 Å². The van der Waals surface area contributed by atoms with E-state index in [-0.39, 0.29) is 11.1 Å². The largest absolute Gasteiger partial charge is 0.476 e. The smallest absolute Gasteiger partial charge is 0.246 e. The minimum Gasteiger partial charge on any atom is -0.476 e. The van der Waals surface area contributed by atoms with Crippen LogP contribution < -0.4 is 4.74 Å². The first-order valence-electron chi connectivity index (χ1n) is 7.65.